The molecule has 1 N–H and O–H groups in total. The van der Waals surface area contributed by atoms with E-state index in [1.165, 1.54) is 101 Å². The summed E-state index contributed by atoms with van der Waals surface area (Å²) in [6.07, 6.45) is 0. The fourth-order valence-electron chi connectivity index (χ4n) is 8.77. The van der Waals surface area contributed by atoms with E-state index in [0.717, 1.165) is 11.4 Å². The fourth-order valence-corrected chi connectivity index (χ4v) is 11.0. The van der Waals surface area contributed by atoms with Crippen molar-refractivity contribution in [2.24, 2.45) is 0 Å². The first-order valence-corrected chi connectivity index (χ1v) is 20.9. The van der Waals surface area contributed by atoms with E-state index in [0.29, 0.717) is 0 Å². The highest BCUT2D eigenvalue weighted by Gasteiger charge is 2.29. The lowest BCUT2D eigenvalue weighted by Gasteiger charge is -2.26. The van der Waals surface area contributed by atoms with E-state index < -0.39 is 0 Å². The first-order valence-electron chi connectivity index (χ1n) is 19.2. The molecule has 0 unspecified atom stereocenters. The maximum Gasteiger partial charge on any atom is 0.197 e. The predicted molar refractivity (Wildman–Crippen MR) is 244 cm³/mol. The molecule has 3 aromatic heterocycles. The predicted octanol–water partition coefficient (Wildman–Crippen LogP) is 13.5. The molecule has 7 aromatic carbocycles. The molecule has 0 spiro atoms. The van der Waals surface area contributed by atoms with Crippen molar-refractivity contribution in [3.8, 4) is 16.8 Å². The van der Waals surface area contributed by atoms with E-state index in [9.17, 15) is 0 Å². The second kappa shape index (κ2) is 11.6. The molecule has 0 aliphatic carbocycles. The van der Waals surface area contributed by atoms with E-state index in [-0.39, 0.29) is 10.8 Å². The third-order valence-electron chi connectivity index (χ3n) is 11.7. The molecule has 0 atom stereocenters. The van der Waals surface area contributed by atoms with Crippen molar-refractivity contribution in [1.29, 1.82) is 0 Å². The van der Waals surface area contributed by atoms with Gasteiger partial charge in [-0.05, 0) is 93.0 Å². The number of hydrogen-bond acceptors (Lipinski definition) is 3. The van der Waals surface area contributed by atoms with Crippen LogP contribution in [0.15, 0.2) is 127 Å². The molecule has 0 fully saturated rings. The number of nitrogens with one attached hydrogen (secondary N) is 1. The standard InChI is InChI=1S/C50H40BN2S2/c1-49(2,3)28-15-18-30(19-16-28)52-40-22-17-29(50(4,5)6)23-35(40)33-20-21-34-36-26-45-38(32-12-8-10-14-44(32)54-45)25-41(36)53-42-27-46-37(24-39(42)51-47(33)48(34)53)31-11-7-9-13-43(31)55-46/h7-27,52H,1-6H3. The molecule has 11 rings (SSSR count). The molecule has 2 nitrogen and oxygen atoms in total. The SMILES string of the molecule is CC(C)(C)c1ccc(Nc2ccc(C(C)(C)C)cc2-c2ccc3c4cc5sc6ccccc6c5cc4n4c3c2[B]c2cc3c(cc2-4)sc2ccccc23)cc1. The average Bonchev–Trinajstić information content (AvgIpc) is 3.82. The van der Waals surface area contributed by atoms with E-state index in [2.05, 4.69) is 186 Å². The molecular weight excluding hydrogens is 704 g/mol. The monoisotopic (exact) mass is 743 g/mol. The summed E-state index contributed by atoms with van der Waals surface area (Å²) in [7, 11) is 2.47. The summed E-state index contributed by atoms with van der Waals surface area (Å²) in [6, 6.07) is 48.2. The van der Waals surface area contributed by atoms with Crippen LogP contribution in [0.3, 0.4) is 0 Å². The van der Waals surface area contributed by atoms with E-state index in [4.69, 9.17) is 0 Å². The number of aromatic nitrogens is 1. The van der Waals surface area contributed by atoms with Crippen LogP contribution in [0.5, 0.6) is 0 Å². The Hall–Kier alpha value is -5.36. The topological polar surface area (TPSA) is 17.0 Å². The quantitative estimate of drug-likeness (QED) is 0.178. The van der Waals surface area contributed by atoms with Crippen LogP contribution in [0.1, 0.15) is 52.7 Å². The highest BCUT2D eigenvalue weighted by molar-refractivity contribution is 7.26. The summed E-state index contributed by atoms with van der Waals surface area (Å²) < 4.78 is 7.91. The zero-order chi connectivity index (χ0) is 37.4. The number of anilines is 2. The maximum absolute atomic E-state index is 3.86. The van der Waals surface area contributed by atoms with Gasteiger partial charge < -0.3 is 9.88 Å². The number of thiophene rings is 2. The van der Waals surface area contributed by atoms with Gasteiger partial charge in [0.25, 0.3) is 0 Å². The Morgan fingerprint density at radius 3 is 1.84 bits per heavy atom. The molecular formula is C50H40BN2S2. The molecule has 0 bridgehead atoms. The largest absolute Gasteiger partial charge is 0.355 e. The van der Waals surface area contributed by atoms with Crippen LogP contribution >= 0.6 is 22.7 Å². The first-order chi connectivity index (χ1) is 26.5. The van der Waals surface area contributed by atoms with Crippen molar-refractivity contribution in [3.05, 3.63) is 139 Å². The normalized spacial score (nSPS) is 13.1. The van der Waals surface area contributed by atoms with Gasteiger partial charge in [-0.15, -0.1) is 22.7 Å². The molecule has 4 heterocycles. The lowest BCUT2D eigenvalue weighted by molar-refractivity contribution is 0.590. The van der Waals surface area contributed by atoms with Crippen molar-refractivity contribution in [2.75, 3.05) is 5.32 Å². The molecule has 0 saturated heterocycles. The third kappa shape index (κ3) is 5.06. The van der Waals surface area contributed by atoms with E-state index in [1.54, 1.807) is 0 Å². The smallest absolute Gasteiger partial charge is 0.197 e. The van der Waals surface area contributed by atoms with E-state index >= 15 is 0 Å². The first kappa shape index (κ1) is 33.0. The molecule has 1 aliphatic rings. The van der Waals surface area contributed by atoms with Crippen LogP contribution in [0.2, 0.25) is 0 Å². The molecule has 1 aliphatic heterocycles. The highest BCUT2D eigenvalue weighted by Crippen LogP contribution is 2.44. The second-order valence-electron chi connectivity index (χ2n) is 17.3. The molecule has 265 valence electrons. The number of hydrogen-bond donors (Lipinski definition) is 1. The van der Waals surface area contributed by atoms with Gasteiger partial charge in [-0.3, -0.25) is 0 Å². The van der Waals surface area contributed by atoms with Gasteiger partial charge in [-0.2, -0.15) is 0 Å². The van der Waals surface area contributed by atoms with Gasteiger partial charge in [0, 0.05) is 73.9 Å². The molecule has 55 heavy (non-hydrogen) atoms. The summed E-state index contributed by atoms with van der Waals surface area (Å²) in [5.74, 6) is 0. The van der Waals surface area contributed by atoms with Gasteiger partial charge >= 0.3 is 0 Å². The van der Waals surface area contributed by atoms with Crippen molar-refractivity contribution >= 4 is 114 Å². The number of fused-ring (bicyclic) bond motifs is 11. The van der Waals surface area contributed by atoms with Crippen molar-refractivity contribution in [1.82, 2.24) is 4.57 Å². The zero-order valence-corrected chi connectivity index (χ0v) is 33.6. The summed E-state index contributed by atoms with van der Waals surface area (Å²) in [4.78, 5) is 0. The van der Waals surface area contributed by atoms with Crippen molar-refractivity contribution < 1.29 is 0 Å². The average molecular weight is 744 g/mol. The molecule has 10 aromatic rings. The van der Waals surface area contributed by atoms with Crippen LogP contribution in [-0.4, -0.2) is 11.8 Å². The number of rotatable bonds is 3. The Morgan fingerprint density at radius 1 is 0.509 bits per heavy atom. The second-order valence-corrected chi connectivity index (χ2v) is 19.5. The van der Waals surface area contributed by atoms with Gasteiger partial charge in [0.1, 0.15) is 0 Å². The Bertz CT molecular complexity index is 3220. The Labute approximate surface area is 330 Å². The number of benzene rings is 7. The van der Waals surface area contributed by atoms with Gasteiger partial charge in [0.05, 0.1) is 5.52 Å². The zero-order valence-electron chi connectivity index (χ0n) is 32.0. The summed E-state index contributed by atoms with van der Waals surface area (Å²) in [5.41, 5.74) is 13.7. The minimum atomic E-state index is -0.00564. The van der Waals surface area contributed by atoms with Gasteiger partial charge in [0.15, 0.2) is 7.28 Å². The van der Waals surface area contributed by atoms with Crippen LogP contribution in [0.4, 0.5) is 11.4 Å². The third-order valence-corrected chi connectivity index (χ3v) is 14.0. The molecule has 5 heteroatoms. The molecule has 1 radical (unpaired) electrons. The Kier molecular flexibility index (Phi) is 6.95. The Morgan fingerprint density at radius 2 is 1.15 bits per heavy atom. The van der Waals surface area contributed by atoms with Gasteiger partial charge in [-0.25, -0.2) is 0 Å². The summed E-state index contributed by atoms with van der Waals surface area (Å²) in [5, 5.41) is 11.8. The lowest BCUT2D eigenvalue weighted by atomic mass is 9.59. The van der Waals surface area contributed by atoms with E-state index in [1.807, 2.05) is 22.7 Å². The Balaban J connectivity index is 1.20. The number of nitrogens with zero attached hydrogens (tertiary/aromatic N) is 1. The van der Waals surface area contributed by atoms with Crippen LogP contribution < -0.4 is 16.2 Å². The van der Waals surface area contributed by atoms with Gasteiger partial charge in [-0.1, -0.05) is 120 Å². The molecule has 0 saturated carbocycles. The van der Waals surface area contributed by atoms with Crippen LogP contribution in [0, 0.1) is 0 Å². The van der Waals surface area contributed by atoms with Crippen molar-refractivity contribution in [2.45, 2.75) is 52.4 Å². The lowest BCUT2D eigenvalue weighted by Crippen LogP contribution is -2.37. The van der Waals surface area contributed by atoms with Crippen LogP contribution in [-0.2, 0) is 10.8 Å². The highest BCUT2D eigenvalue weighted by atomic mass is 32.1. The van der Waals surface area contributed by atoms with Crippen LogP contribution in [0.25, 0.3) is 79.0 Å². The minimum absolute atomic E-state index is 0.00564. The van der Waals surface area contributed by atoms with Crippen molar-refractivity contribution in [3.63, 3.8) is 0 Å². The maximum atomic E-state index is 3.86. The van der Waals surface area contributed by atoms with Gasteiger partial charge in [0.2, 0.25) is 0 Å². The fraction of sp³-hybridized carbons (Fsp3) is 0.160. The minimum Gasteiger partial charge on any atom is -0.355 e. The summed E-state index contributed by atoms with van der Waals surface area (Å²) >= 11 is 3.79. The molecule has 0 amide bonds. The summed E-state index contributed by atoms with van der Waals surface area (Å²) in [6.45, 7) is 13.7.